The highest BCUT2D eigenvalue weighted by atomic mass is 79.9. The van der Waals surface area contributed by atoms with E-state index in [1.807, 2.05) is 60.8 Å². The molecule has 0 bridgehead atoms. The minimum Gasteiger partial charge on any atom is -0.342 e. The van der Waals surface area contributed by atoms with Crippen LogP contribution >= 0.6 is 63.1 Å². The van der Waals surface area contributed by atoms with Gasteiger partial charge in [-0.2, -0.15) is 0 Å². The maximum absolute atomic E-state index is 13.2. The van der Waals surface area contributed by atoms with E-state index in [1.54, 1.807) is 11.0 Å². The van der Waals surface area contributed by atoms with E-state index in [0.29, 0.717) is 25.8 Å². The smallest absolute Gasteiger partial charge is 0.270 e. The van der Waals surface area contributed by atoms with Crippen molar-refractivity contribution in [3.05, 3.63) is 103 Å². The van der Waals surface area contributed by atoms with Crippen molar-refractivity contribution < 1.29 is 4.79 Å². The minimum atomic E-state index is -0.120. The second-order valence-corrected chi connectivity index (χ2v) is 10.9. The van der Waals surface area contributed by atoms with Crippen molar-refractivity contribution in [1.82, 2.24) is 4.57 Å². The minimum absolute atomic E-state index is 0.120. The molecule has 4 aromatic rings. The standard InChI is InChI=1S/C25H15BrCl2N2OS2/c26-17-6-9-19(10-7-17)30-24(31)23(33-25(30)32)11-16-14-29(22-4-2-1-3-20(16)22)13-15-5-8-18(27)12-21(15)28/h1-12,14H,13H2/b23-11+. The number of anilines is 1. The van der Waals surface area contributed by atoms with Crippen LogP contribution in [0.1, 0.15) is 11.1 Å². The van der Waals surface area contributed by atoms with E-state index in [0.717, 1.165) is 32.2 Å². The highest BCUT2D eigenvalue weighted by Crippen LogP contribution is 2.37. The van der Waals surface area contributed by atoms with Gasteiger partial charge in [-0.25, -0.2) is 0 Å². The van der Waals surface area contributed by atoms with Gasteiger partial charge in [-0.3, -0.25) is 9.69 Å². The lowest BCUT2D eigenvalue weighted by Gasteiger charge is -2.14. The van der Waals surface area contributed by atoms with Crippen LogP contribution in [-0.4, -0.2) is 14.8 Å². The van der Waals surface area contributed by atoms with E-state index >= 15 is 0 Å². The molecule has 0 aliphatic carbocycles. The molecule has 33 heavy (non-hydrogen) atoms. The molecule has 5 rings (SSSR count). The van der Waals surface area contributed by atoms with Gasteiger partial charge in [0.2, 0.25) is 0 Å². The van der Waals surface area contributed by atoms with E-state index in [1.165, 1.54) is 11.8 Å². The van der Waals surface area contributed by atoms with Crippen molar-refractivity contribution in [3.8, 4) is 0 Å². The molecule has 164 valence electrons. The second kappa shape index (κ2) is 9.28. The van der Waals surface area contributed by atoms with E-state index in [9.17, 15) is 4.79 Å². The number of hydrogen-bond donors (Lipinski definition) is 0. The number of carbonyl (C=O) groups is 1. The largest absolute Gasteiger partial charge is 0.342 e. The number of nitrogens with zero attached hydrogens (tertiary/aromatic N) is 2. The molecular formula is C25H15BrCl2N2OS2. The summed E-state index contributed by atoms with van der Waals surface area (Å²) >= 11 is 22.7. The van der Waals surface area contributed by atoms with Crippen molar-refractivity contribution in [3.63, 3.8) is 0 Å². The zero-order valence-corrected chi connectivity index (χ0v) is 21.7. The third-order valence-electron chi connectivity index (χ3n) is 5.34. The van der Waals surface area contributed by atoms with Gasteiger partial charge in [-0.05, 0) is 54.1 Å². The van der Waals surface area contributed by atoms with Gasteiger partial charge in [0.1, 0.15) is 0 Å². The van der Waals surface area contributed by atoms with Crippen molar-refractivity contribution in [2.45, 2.75) is 6.54 Å². The Bertz CT molecular complexity index is 1450. The van der Waals surface area contributed by atoms with E-state index in [2.05, 4.69) is 32.6 Å². The Morgan fingerprint density at radius 1 is 1.03 bits per heavy atom. The predicted octanol–water partition coefficient (Wildman–Crippen LogP) is 8.16. The first-order chi connectivity index (χ1) is 15.9. The molecule has 1 amide bonds. The molecule has 3 aromatic carbocycles. The number of fused-ring (bicyclic) bond motifs is 1. The highest BCUT2D eigenvalue weighted by molar-refractivity contribution is 9.10. The summed E-state index contributed by atoms with van der Waals surface area (Å²) in [5, 5.41) is 2.28. The van der Waals surface area contributed by atoms with E-state index < -0.39 is 0 Å². The van der Waals surface area contributed by atoms with Crippen LogP contribution in [0.15, 0.2) is 82.3 Å². The number of halogens is 3. The van der Waals surface area contributed by atoms with Gasteiger partial charge in [0.15, 0.2) is 4.32 Å². The molecule has 1 aromatic heterocycles. The number of para-hydroxylation sites is 1. The Kier molecular flexibility index (Phi) is 6.38. The maximum atomic E-state index is 13.2. The summed E-state index contributed by atoms with van der Waals surface area (Å²) in [5.41, 5.74) is 3.73. The van der Waals surface area contributed by atoms with Gasteiger partial charge >= 0.3 is 0 Å². The summed E-state index contributed by atoms with van der Waals surface area (Å²) in [6.07, 6.45) is 3.96. The summed E-state index contributed by atoms with van der Waals surface area (Å²) in [6, 6.07) is 21.2. The van der Waals surface area contributed by atoms with Crippen LogP contribution in [0.3, 0.4) is 0 Å². The fourth-order valence-corrected chi connectivity index (χ4v) is 5.80. The van der Waals surface area contributed by atoms with Crippen LogP contribution in [0.2, 0.25) is 10.0 Å². The number of hydrogen-bond acceptors (Lipinski definition) is 3. The molecular weight excluding hydrogens is 559 g/mol. The molecule has 1 aliphatic rings. The van der Waals surface area contributed by atoms with Crippen LogP contribution in [0.25, 0.3) is 17.0 Å². The molecule has 2 heterocycles. The molecule has 0 radical (unpaired) electrons. The van der Waals surface area contributed by atoms with Gasteiger partial charge in [0.05, 0.1) is 10.6 Å². The quantitative estimate of drug-likeness (QED) is 0.182. The fraction of sp³-hybridized carbons (Fsp3) is 0.0400. The van der Waals surface area contributed by atoms with Gasteiger partial charge in [-0.1, -0.05) is 87.4 Å². The SMILES string of the molecule is O=C1/C(=C\c2cn(Cc3ccc(Cl)cc3Cl)c3ccccc23)SC(=S)N1c1ccc(Br)cc1. The summed E-state index contributed by atoms with van der Waals surface area (Å²) in [5.74, 6) is -0.120. The van der Waals surface area contributed by atoms with Crippen LogP contribution < -0.4 is 4.90 Å². The van der Waals surface area contributed by atoms with Crippen LogP contribution in [0.5, 0.6) is 0 Å². The van der Waals surface area contributed by atoms with Crippen molar-refractivity contribution >= 4 is 96.0 Å². The van der Waals surface area contributed by atoms with E-state index in [-0.39, 0.29) is 5.91 Å². The maximum Gasteiger partial charge on any atom is 0.270 e. The Labute approximate surface area is 219 Å². The fourth-order valence-electron chi connectivity index (χ4n) is 3.78. The van der Waals surface area contributed by atoms with Gasteiger partial charge in [-0.15, -0.1) is 0 Å². The molecule has 3 nitrogen and oxygen atoms in total. The average Bonchev–Trinajstić information content (AvgIpc) is 3.28. The summed E-state index contributed by atoms with van der Waals surface area (Å²) < 4.78 is 3.59. The number of benzene rings is 3. The lowest BCUT2D eigenvalue weighted by atomic mass is 10.1. The van der Waals surface area contributed by atoms with Gasteiger partial charge in [0, 0.05) is 43.7 Å². The molecule has 1 saturated heterocycles. The molecule has 8 heteroatoms. The second-order valence-electron chi connectivity index (χ2n) is 7.46. The number of thioether (sulfide) groups is 1. The molecule has 0 spiro atoms. The molecule has 1 fully saturated rings. The average molecular weight is 574 g/mol. The van der Waals surface area contributed by atoms with Crippen molar-refractivity contribution in [1.29, 1.82) is 0 Å². The van der Waals surface area contributed by atoms with Gasteiger partial charge in [0.25, 0.3) is 5.91 Å². The van der Waals surface area contributed by atoms with Crippen molar-refractivity contribution in [2.75, 3.05) is 4.90 Å². The monoisotopic (exact) mass is 572 g/mol. The highest BCUT2D eigenvalue weighted by Gasteiger charge is 2.33. The first-order valence-electron chi connectivity index (χ1n) is 9.96. The Hall–Kier alpha value is -2.09. The van der Waals surface area contributed by atoms with Crippen LogP contribution in [0.4, 0.5) is 5.69 Å². The lowest BCUT2D eigenvalue weighted by molar-refractivity contribution is -0.113. The van der Waals surface area contributed by atoms with Crippen LogP contribution in [0, 0.1) is 0 Å². The molecule has 0 N–H and O–H groups in total. The van der Waals surface area contributed by atoms with Crippen molar-refractivity contribution in [2.24, 2.45) is 0 Å². The summed E-state index contributed by atoms with van der Waals surface area (Å²) in [6.45, 7) is 0.588. The number of thiocarbonyl (C=S) groups is 1. The Morgan fingerprint density at radius 3 is 2.55 bits per heavy atom. The molecule has 1 aliphatic heterocycles. The summed E-state index contributed by atoms with van der Waals surface area (Å²) in [7, 11) is 0. The van der Waals surface area contributed by atoms with E-state index in [4.69, 9.17) is 35.4 Å². The Balaban J connectivity index is 1.52. The number of amides is 1. The first-order valence-corrected chi connectivity index (χ1v) is 12.7. The van der Waals surface area contributed by atoms with Crippen LogP contribution in [-0.2, 0) is 11.3 Å². The third kappa shape index (κ3) is 4.51. The molecule has 0 unspecified atom stereocenters. The summed E-state index contributed by atoms with van der Waals surface area (Å²) in [4.78, 5) is 15.4. The Morgan fingerprint density at radius 2 is 1.79 bits per heavy atom. The van der Waals surface area contributed by atoms with Gasteiger partial charge < -0.3 is 4.57 Å². The third-order valence-corrected chi connectivity index (χ3v) is 7.76. The zero-order valence-electron chi connectivity index (χ0n) is 17.0. The molecule has 0 atom stereocenters. The first kappa shape index (κ1) is 22.7. The number of rotatable bonds is 4. The number of aromatic nitrogens is 1. The topological polar surface area (TPSA) is 25.2 Å². The lowest BCUT2D eigenvalue weighted by Crippen LogP contribution is -2.27. The number of carbonyl (C=O) groups excluding carboxylic acids is 1. The predicted molar refractivity (Wildman–Crippen MR) is 147 cm³/mol. The zero-order chi connectivity index (χ0) is 23.1. The molecule has 0 saturated carbocycles. The normalized spacial score (nSPS) is 15.2.